The van der Waals surface area contributed by atoms with Gasteiger partial charge in [0.25, 0.3) is 11.6 Å². The third-order valence-corrected chi connectivity index (χ3v) is 3.51. The number of non-ortho nitro benzene ring substituents is 1. The summed E-state index contributed by atoms with van der Waals surface area (Å²) in [4.78, 5) is 22.2. The van der Waals surface area contributed by atoms with E-state index in [1.165, 1.54) is 24.4 Å². The van der Waals surface area contributed by atoms with Gasteiger partial charge in [0.15, 0.2) is 6.10 Å². The van der Waals surface area contributed by atoms with Gasteiger partial charge in [-0.1, -0.05) is 23.7 Å². The van der Waals surface area contributed by atoms with Gasteiger partial charge >= 0.3 is 0 Å². The molecule has 1 N–H and O–H groups in total. The van der Waals surface area contributed by atoms with Crippen molar-refractivity contribution in [2.24, 2.45) is 5.10 Å². The van der Waals surface area contributed by atoms with Crippen LogP contribution in [0.25, 0.3) is 0 Å². The summed E-state index contributed by atoms with van der Waals surface area (Å²) in [5.41, 5.74) is 3.60. The van der Waals surface area contributed by atoms with Gasteiger partial charge in [-0.2, -0.15) is 5.10 Å². The monoisotopic (exact) mass is 361 g/mol. The number of nitrogens with zero attached hydrogens (tertiary/aromatic N) is 2. The molecule has 0 saturated carbocycles. The van der Waals surface area contributed by atoms with Gasteiger partial charge in [-0.05, 0) is 37.6 Å². The van der Waals surface area contributed by atoms with E-state index in [1.807, 2.05) is 6.92 Å². The largest absolute Gasteiger partial charge is 0.481 e. The molecule has 0 unspecified atom stereocenters. The Morgan fingerprint density at radius 3 is 2.80 bits per heavy atom. The molecule has 0 radical (unpaired) electrons. The number of nitro groups is 1. The van der Waals surface area contributed by atoms with Crippen LogP contribution in [0.1, 0.15) is 18.1 Å². The van der Waals surface area contributed by atoms with Crippen LogP contribution in [-0.2, 0) is 4.79 Å². The molecule has 2 rings (SSSR count). The number of nitro benzene ring substituents is 1. The highest BCUT2D eigenvalue weighted by Gasteiger charge is 2.15. The number of hydrogen-bond acceptors (Lipinski definition) is 5. The number of carbonyl (C=O) groups is 1. The van der Waals surface area contributed by atoms with Crippen molar-refractivity contribution in [3.63, 3.8) is 0 Å². The van der Waals surface area contributed by atoms with E-state index in [0.29, 0.717) is 16.3 Å². The van der Waals surface area contributed by atoms with Crippen LogP contribution in [-0.4, -0.2) is 23.1 Å². The maximum absolute atomic E-state index is 12.0. The number of hydrazone groups is 1. The molecule has 25 heavy (non-hydrogen) atoms. The van der Waals surface area contributed by atoms with Crippen LogP contribution in [0, 0.1) is 17.0 Å². The van der Waals surface area contributed by atoms with E-state index in [-0.39, 0.29) is 5.69 Å². The van der Waals surface area contributed by atoms with Crippen LogP contribution < -0.4 is 10.2 Å². The number of carbonyl (C=O) groups excluding carboxylic acids is 1. The molecule has 0 aliphatic carbocycles. The lowest BCUT2D eigenvalue weighted by molar-refractivity contribution is -0.384. The van der Waals surface area contributed by atoms with Crippen molar-refractivity contribution < 1.29 is 14.5 Å². The number of aryl methyl sites for hydroxylation is 1. The first-order chi connectivity index (χ1) is 11.9. The maximum Gasteiger partial charge on any atom is 0.280 e. The van der Waals surface area contributed by atoms with E-state index >= 15 is 0 Å². The summed E-state index contributed by atoms with van der Waals surface area (Å²) >= 11 is 5.88. The van der Waals surface area contributed by atoms with Gasteiger partial charge in [0.05, 0.1) is 11.1 Å². The van der Waals surface area contributed by atoms with Gasteiger partial charge in [0.1, 0.15) is 5.75 Å². The highest BCUT2D eigenvalue weighted by Crippen LogP contribution is 2.22. The highest BCUT2D eigenvalue weighted by atomic mass is 35.5. The maximum atomic E-state index is 12.0. The van der Waals surface area contributed by atoms with Crippen LogP contribution in [0.3, 0.4) is 0 Å². The van der Waals surface area contributed by atoms with Crippen LogP contribution in [0.15, 0.2) is 47.6 Å². The molecular formula is C17H16ClN3O4. The topological polar surface area (TPSA) is 93.8 Å². The molecule has 1 atom stereocenters. The second-order valence-corrected chi connectivity index (χ2v) is 5.69. The van der Waals surface area contributed by atoms with Gasteiger partial charge in [0.2, 0.25) is 0 Å². The van der Waals surface area contributed by atoms with E-state index in [1.54, 1.807) is 31.2 Å². The van der Waals surface area contributed by atoms with E-state index in [4.69, 9.17) is 16.3 Å². The first-order valence-electron chi connectivity index (χ1n) is 7.37. The van der Waals surface area contributed by atoms with Crippen LogP contribution in [0.2, 0.25) is 5.02 Å². The molecule has 0 saturated heterocycles. The van der Waals surface area contributed by atoms with Crippen LogP contribution in [0.5, 0.6) is 5.75 Å². The minimum atomic E-state index is -0.776. The van der Waals surface area contributed by atoms with E-state index in [2.05, 4.69) is 10.5 Å². The fourth-order valence-electron chi connectivity index (χ4n) is 1.97. The Hall–Kier alpha value is -2.93. The van der Waals surface area contributed by atoms with Crippen LogP contribution >= 0.6 is 11.6 Å². The molecule has 1 amide bonds. The molecule has 0 aliphatic heterocycles. The zero-order valence-corrected chi connectivity index (χ0v) is 14.4. The predicted molar refractivity (Wildman–Crippen MR) is 95.1 cm³/mol. The number of halogens is 1. The molecule has 0 fully saturated rings. The van der Waals surface area contributed by atoms with Crippen molar-refractivity contribution >= 4 is 29.4 Å². The molecule has 0 spiro atoms. The Morgan fingerprint density at radius 2 is 2.12 bits per heavy atom. The summed E-state index contributed by atoms with van der Waals surface area (Å²) < 4.78 is 5.58. The second-order valence-electron chi connectivity index (χ2n) is 5.26. The molecule has 2 aromatic rings. The van der Waals surface area contributed by atoms with Crippen LogP contribution in [0.4, 0.5) is 5.69 Å². The summed E-state index contributed by atoms with van der Waals surface area (Å²) in [6, 6.07) is 11.0. The smallest absolute Gasteiger partial charge is 0.280 e. The lowest BCUT2D eigenvalue weighted by Crippen LogP contribution is -2.33. The fraction of sp³-hybridized carbons (Fsp3) is 0.176. The number of ether oxygens (including phenoxy) is 1. The van der Waals surface area contributed by atoms with Gasteiger partial charge < -0.3 is 4.74 Å². The van der Waals surface area contributed by atoms with Crippen molar-refractivity contribution in [2.45, 2.75) is 20.0 Å². The molecular weight excluding hydrogens is 346 g/mol. The number of amides is 1. The second kappa shape index (κ2) is 8.25. The van der Waals surface area contributed by atoms with Crippen molar-refractivity contribution in [1.29, 1.82) is 0 Å². The third-order valence-electron chi connectivity index (χ3n) is 3.28. The summed E-state index contributed by atoms with van der Waals surface area (Å²) in [6.07, 6.45) is 0.549. The van der Waals surface area contributed by atoms with E-state index in [0.717, 1.165) is 5.56 Å². The SMILES string of the molecule is Cc1cc(Cl)ccc1O[C@@H](C)C(=O)N/N=C\c1cccc([N+](=O)[O-])c1. The first kappa shape index (κ1) is 18.4. The average Bonchev–Trinajstić information content (AvgIpc) is 2.57. The lowest BCUT2D eigenvalue weighted by Gasteiger charge is -2.14. The van der Waals surface area contributed by atoms with Crippen molar-refractivity contribution in [3.05, 3.63) is 68.7 Å². The zero-order valence-electron chi connectivity index (χ0n) is 13.6. The summed E-state index contributed by atoms with van der Waals surface area (Å²) in [5.74, 6) is 0.103. The molecule has 0 bridgehead atoms. The molecule has 0 aliphatic rings. The first-order valence-corrected chi connectivity index (χ1v) is 7.75. The Morgan fingerprint density at radius 1 is 1.36 bits per heavy atom. The Labute approximate surface area is 149 Å². The molecule has 8 heteroatoms. The van der Waals surface area contributed by atoms with Gasteiger partial charge in [-0.25, -0.2) is 5.43 Å². The molecule has 0 aromatic heterocycles. The van der Waals surface area contributed by atoms with Crippen molar-refractivity contribution in [2.75, 3.05) is 0 Å². The number of benzene rings is 2. The molecule has 0 heterocycles. The summed E-state index contributed by atoms with van der Waals surface area (Å²) in [7, 11) is 0. The van der Waals surface area contributed by atoms with Gasteiger partial charge in [-0.15, -0.1) is 0 Å². The fourth-order valence-corrected chi connectivity index (χ4v) is 2.20. The van der Waals surface area contributed by atoms with Crippen molar-refractivity contribution in [1.82, 2.24) is 5.43 Å². The summed E-state index contributed by atoms with van der Waals surface area (Å²) in [6.45, 7) is 3.42. The molecule has 7 nitrogen and oxygen atoms in total. The zero-order chi connectivity index (χ0) is 18.4. The quantitative estimate of drug-likeness (QED) is 0.484. The van der Waals surface area contributed by atoms with Gasteiger partial charge in [-0.3, -0.25) is 14.9 Å². The normalized spacial score (nSPS) is 12.0. The summed E-state index contributed by atoms with van der Waals surface area (Å²) in [5, 5.41) is 15.1. The standard InChI is InChI=1S/C17H16ClN3O4/c1-11-8-14(18)6-7-16(11)25-12(2)17(22)20-19-10-13-4-3-5-15(9-13)21(23)24/h3-10,12H,1-2H3,(H,20,22)/b19-10-/t12-/m0/s1. The Kier molecular flexibility index (Phi) is 6.08. The highest BCUT2D eigenvalue weighted by molar-refractivity contribution is 6.30. The van der Waals surface area contributed by atoms with Gasteiger partial charge in [0, 0.05) is 22.7 Å². The van der Waals surface area contributed by atoms with Crippen molar-refractivity contribution in [3.8, 4) is 5.75 Å². The number of nitrogens with one attached hydrogen (secondary N) is 1. The average molecular weight is 362 g/mol. The molecule has 130 valence electrons. The Balaban J connectivity index is 1.95. The third kappa shape index (κ3) is 5.29. The molecule has 2 aromatic carbocycles. The number of rotatable bonds is 6. The van der Waals surface area contributed by atoms with E-state index in [9.17, 15) is 14.9 Å². The minimum Gasteiger partial charge on any atom is -0.481 e. The lowest BCUT2D eigenvalue weighted by atomic mass is 10.2. The minimum absolute atomic E-state index is 0.0507. The number of hydrogen-bond donors (Lipinski definition) is 1. The predicted octanol–water partition coefficient (Wildman–Crippen LogP) is 3.47. The van der Waals surface area contributed by atoms with E-state index < -0.39 is 16.9 Å². The Bertz CT molecular complexity index is 823.